The van der Waals surface area contributed by atoms with Crippen LogP contribution in [0, 0.1) is 0 Å². The molecule has 3 nitrogen and oxygen atoms in total. The predicted molar refractivity (Wildman–Crippen MR) is 84.3 cm³/mol. The predicted octanol–water partition coefficient (Wildman–Crippen LogP) is 4.07. The van der Waals surface area contributed by atoms with Crippen molar-refractivity contribution in [1.29, 1.82) is 0 Å². The Labute approximate surface area is 123 Å². The standard InChI is InChI=1S/C17H29NO2/c1-5-7-8-11-20-13-16-12-15(14(3)18-6-2)9-10-17(16)19-4/h9-10,12,14,18H,5-8,11,13H2,1-4H3. The Morgan fingerprint density at radius 3 is 2.65 bits per heavy atom. The van der Waals surface area contributed by atoms with Crippen LogP contribution < -0.4 is 10.1 Å². The quantitative estimate of drug-likeness (QED) is 0.655. The summed E-state index contributed by atoms with van der Waals surface area (Å²) in [7, 11) is 1.71. The highest BCUT2D eigenvalue weighted by Crippen LogP contribution is 2.24. The summed E-state index contributed by atoms with van der Waals surface area (Å²) in [6.45, 7) is 8.92. The van der Waals surface area contributed by atoms with Gasteiger partial charge in [-0.05, 0) is 37.6 Å². The van der Waals surface area contributed by atoms with E-state index < -0.39 is 0 Å². The van der Waals surface area contributed by atoms with Crippen LogP contribution in [0.1, 0.15) is 57.2 Å². The van der Waals surface area contributed by atoms with E-state index in [1.54, 1.807) is 7.11 Å². The Kier molecular flexibility index (Phi) is 8.31. The lowest BCUT2D eigenvalue weighted by molar-refractivity contribution is 0.115. The van der Waals surface area contributed by atoms with Crippen LogP contribution in [0.15, 0.2) is 18.2 Å². The maximum absolute atomic E-state index is 5.76. The van der Waals surface area contributed by atoms with Gasteiger partial charge in [0.1, 0.15) is 5.75 Å². The van der Waals surface area contributed by atoms with Crippen LogP contribution in [0.3, 0.4) is 0 Å². The summed E-state index contributed by atoms with van der Waals surface area (Å²) in [6, 6.07) is 6.69. The Morgan fingerprint density at radius 2 is 2.00 bits per heavy atom. The average Bonchev–Trinajstić information content (AvgIpc) is 2.47. The van der Waals surface area contributed by atoms with Crippen molar-refractivity contribution in [2.24, 2.45) is 0 Å². The summed E-state index contributed by atoms with van der Waals surface area (Å²) in [6.07, 6.45) is 3.59. The molecule has 0 fully saturated rings. The largest absolute Gasteiger partial charge is 0.496 e. The van der Waals surface area contributed by atoms with Crippen LogP contribution in [0.4, 0.5) is 0 Å². The molecule has 1 rings (SSSR count). The highest BCUT2D eigenvalue weighted by atomic mass is 16.5. The summed E-state index contributed by atoms with van der Waals surface area (Å²) in [5, 5.41) is 3.43. The molecule has 1 aromatic rings. The van der Waals surface area contributed by atoms with Gasteiger partial charge in [0.15, 0.2) is 0 Å². The minimum absolute atomic E-state index is 0.352. The van der Waals surface area contributed by atoms with Crippen molar-refractivity contribution in [1.82, 2.24) is 5.32 Å². The summed E-state index contributed by atoms with van der Waals surface area (Å²) < 4.78 is 11.2. The number of hydrogen-bond donors (Lipinski definition) is 1. The van der Waals surface area contributed by atoms with E-state index in [-0.39, 0.29) is 0 Å². The van der Waals surface area contributed by atoms with Crippen molar-refractivity contribution in [2.75, 3.05) is 20.3 Å². The minimum Gasteiger partial charge on any atom is -0.496 e. The van der Waals surface area contributed by atoms with Crippen molar-refractivity contribution in [3.8, 4) is 5.75 Å². The molecule has 0 saturated carbocycles. The van der Waals surface area contributed by atoms with Gasteiger partial charge in [0, 0.05) is 18.2 Å². The Hall–Kier alpha value is -1.06. The SMILES string of the molecule is CCCCCOCc1cc(C(C)NCC)ccc1OC. The fraction of sp³-hybridized carbons (Fsp3) is 0.647. The maximum atomic E-state index is 5.76. The molecule has 0 saturated heterocycles. The number of ether oxygens (including phenoxy) is 2. The second kappa shape index (κ2) is 9.78. The molecule has 0 aromatic heterocycles. The van der Waals surface area contributed by atoms with Gasteiger partial charge in [0.25, 0.3) is 0 Å². The number of methoxy groups -OCH3 is 1. The van der Waals surface area contributed by atoms with E-state index in [0.717, 1.165) is 30.9 Å². The lowest BCUT2D eigenvalue weighted by atomic mass is 10.0. The van der Waals surface area contributed by atoms with E-state index in [2.05, 4.69) is 38.2 Å². The molecule has 0 heterocycles. The molecule has 0 amide bonds. The number of hydrogen-bond acceptors (Lipinski definition) is 3. The molecule has 1 atom stereocenters. The monoisotopic (exact) mass is 279 g/mol. The minimum atomic E-state index is 0.352. The molecule has 1 N–H and O–H groups in total. The van der Waals surface area contributed by atoms with Gasteiger partial charge in [-0.1, -0.05) is 32.8 Å². The number of unbranched alkanes of at least 4 members (excludes halogenated alkanes) is 2. The first kappa shape index (κ1) is 17.0. The lowest BCUT2D eigenvalue weighted by Gasteiger charge is -2.16. The normalized spacial score (nSPS) is 12.4. The van der Waals surface area contributed by atoms with E-state index in [4.69, 9.17) is 9.47 Å². The molecule has 3 heteroatoms. The van der Waals surface area contributed by atoms with Crippen LogP contribution in [0.25, 0.3) is 0 Å². The first-order chi connectivity index (χ1) is 9.72. The van der Waals surface area contributed by atoms with Gasteiger partial charge >= 0.3 is 0 Å². The molecule has 1 unspecified atom stereocenters. The highest BCUT2D eigenvalue weighted by molar-refractivity contribution is 5.38. The van der Waals surface area contributed by atoms with Gasteiger partial charge in [0.2, 0.25) is 0 Å². The van der Waals surface area contributed by atoms with Crippen molar-refractivity contribution in [3.63, 3.8) is 0 Å². The molecule has 0 spiro atoms. The molecule has 20 heavy (non-hydrogen) atoms. The zero-order chi connectivity index (χ0) is 14.8. The van der Waals surface area contributed by atoms with Crippen LogP contribution in [0.5, 0.6) is 5.75 Å². The molecule has 1 aromatic carbocycles. The molecular formula is C17H29NO2. The van der Waals surface area contributed by atoms with Crippen molar-refractivity contribution in [3.05, 3.63) is 29.3 Å². The zero-order valence-corrected chi connectivity index (χ0v) is 13.4. The number of rotatable bonds is 10. The molecule has 0 bridgehead atoms. The van der Waals surface area contributed by atoms with E-state index in [0.29, 0.717) is 12.6 Å². The van der Waals surface area contributed by atoms with Crippen LogP contribution in [-0.2, 0) is 11.3 Å². The summed E-state index contributed by atoms with van der Waals surface area (Å²) in [4.78, 5) is 0. The maximum Gasteiger partial charge on any atom is 0.124 e. The second-order valence-corrected chi connectivity index (χ2v) is 5.11. The third kappa shape index (κ3) is 5.51. The molecular weight excluding hydrogens is 250 g/mol. The first-order valence-electron chi connectivity index (χ1n) is 7.70. The van der Waals surface area contributed by atoms with E-state index in [1.807, 2.05) is 6.07 Å². The third-order valence-electron chi connectivity index (χ3n) is 3.46. The van der Waals surface area contributed by atoms with Gasteiger partial charge in [0.05, 0.1) is 13.7 Å². The van der Waals surface area contributed by atoms with Gasteiger partial charge in [-0.15, -0.1) is 0 Å². The molecule has 0 aliphatic rings. The zero-order valence-electron chi connectivity index (χ0n) is 13.4. The average molecular weight is 279 g/mol. The van der Waals surface area contributed by atoms with Gasteiger partial charge < -0.3 is 14.8 Å². The van der Waals surface area contributed by atoms with Crippen LogP contribution in [0.2, 0.25) is 0 Å². The molecule has 0 aliphatic carbocycles. The van der Waals surface area contributed by atoms with Crippen LogP contribution >= 0.6 is 0 Å². The fourth-order valence-electron chi connectivity index (χ4n) is 2.24. The summed E-state index contributed by atoms with van der Waals surface area (Å²) >= 11 is 0. The van der Waals surface area contributed by atoms with Crippen molar-refractivity contribution < 1.29 is 9.47 Å². The topological polar surface area (TPSA) is 30.5 Å². The van der Waals surface area contributed by atoms with E-state index in [1.165, 1.54) is 18.4 Å². The Morgan fingerprint density at radius 1 is 1.20 bits per heavy atom. The Bertz CT molecular complexity index is 379. The highest BCUT2D eigenvalue weighted by Gasteiger charge is 2.09. The first-order valence-corrected chi connectivity index (χ1v) is 7.70. The van der Waals surface area contributed by atoms with Crippen molar-refractivity contribution >= 4 is 0 Å². The molecule has 0 aliphatic heterocycles. The second-order valence-electron chi connectivity index (χ2n) is 5.11. The van der Waals surface area contributed by atoms with Gasteiger partial charge in [-0.3, -0.25) is 0 Å². The van der Waals surface area contributed by atoms with E-state index in [9.17, 15) is 0 Å². The number of benzene rings is 1. The molecule has 114 valence electrons. The molecule has 0 radical (unpaired) electrons. The van der Waals surface area contributed by atoms with E-state index >= 15 is 0 Å². The van der Waals surface area contributed by atoms with Crippen LogP contribution in [-0.4, -0.2) is 20.3 Å². The third-order valence-corrected chi connectivity index (χ3v) is 3.46. The summed E-state index contributed by atoms with van der Waals surface area (Å²) in [5.41, 5.74) is 2.41. The van der Waals surface area contributed by atoms with Crippen molar-refractivity contribution in [2.45, 2.75) is 52.7 Å². The lowest BCUT2D eigenvalue weighted by Crippen LogP contribution is -2.17. The Balaban J connectivity index is 2.63. The van der Waals surface area contributed by atoms with Gasteiger partial charge in [-0.2, -0.15) is 0 Å². The summed E-state index contributed by atoms with van der Waals surface area (Å²) in [5.74, 6) is 0.910. The van der Waals surface area contributed by atoms with Gasteiger partial charge in [-0.25, -0.2) is 0 Å². The fourth-order valence-corrected chi connectivity index (χ4v) is 2.24. The smallest absolute Gasteiger partial charge is 0.124 e. The number of nitrogens with one attached hydrogen (secondary N) is 1.